The average molecular weight is 341 g/mol. The summed E-state index contributed by atoms with van der Waals surface area (Å²) in [6.07, 6.45) is 4.78. The summed E-state index contributed by atoms with van der Waals surface area (Å²) in [5, 5.41) is 3.29. The molecule has 8 heteroatoms. The Morgan fingerprint density at radius 1 is 1.41 bits per heavy atom. The van der Waals surface area contributed by atoms with Crippen molar-refractivity contribution in [3.63, 3.8) is 0 Å². The van der Waals surface area contributed by atoms with E-state index < -0.39 is 10.0 Å². The molecule has 1 aromatic heterocycles. The minimum atomic E-state index is -3.43. The first-order chi connectivity index (χ1) is 10.5. The SMILES string of the molecule is C=CCNC(=O)CSc1ccc(S(=O)(=O)N2CCCC2)cn1. The van der Waals surface area contributed by atoms with Crippen LogP contribution in [0.3, 0.4) is 0 Å². The van der Waals surface area contributed by atoms with E-state index in [1.165, 1.54) is 22.3 Å². The highest BCUT2D eigenvalue weighted by Crippen LogP contribution is 2.22. The predicted molar refractivity (Wildman–Crippen MR) is 86.2 cm³/mol. The molecule has 2 rings (SSSR count). The summed E-state index contributed by atoms with van der Waals surface area (Å²) in [5.74, 6) is 0.124. The molecule has 0 saturated carbocycles. The highest BCUT2D eigenvalue weighted by Gasteiger charge is 2.27. The summed E-state index contributed by atoms with van der Waals surface area (Å²) in [6.45, 7) is 5.10. The molecular formula is C14H19N3O3S2. The molecule has 1 aliphatic heterocycles. The van der Waals surface area contributed by atoms with E-state index in [0.29, 0.717) is 24.7 Å². The van der Waals surface area contributed by atoms with Gasteiger partial charge in [0, 0.05) is 25.8 Å². The second kappa shape index (κ2) is 7.75. The van der Waals surface area contributed by atoms with E-state index in [2.05, 4.69) is 16.9 Å². The standard InChI is InChI=1S/C14H19N3O3S2/c1-2-7-15-13(18)11-21-14-6-5-12(10-16-14)22(19,20)17-8-3-4-9-17/h2,5-6,10H,1,3-4,7-9,11H2,(H,15,18). The third kappa shape index (κ3) is 4.31. The Hall–Kier alpha value is -1.38. The molecule has 1 N–H and O–H groups in total. The number of carbonyl (C=O) groups is 1. The third-order valence-electron chi connectivity index (χ3n) is 3.21. The summed E-state index contributed by atoms with van der Waals surface area (Å²) in [5.41, 5.74) is 0. The van der Waals surface area contributed by atoms with Gasteiger partial charge in [0.15, 0.2) is 0 Å². The number of hydrogen-bond donors (Lipinski definition) is 1. The second-order valence-electron chi connectivity index (χ2n) is 4.82. The van der Waals surface area contributed by atoms with Crippen LogP contribution in [0.1, 0.15) is 12.8 Å². The molecular weight excluding hydrogens is 322 g/mol. The Bertz CT molecular complexity index is 623. The van der Waals surface area contributed by atoms with Gasteiger partial charge in [0.25, 0.3) is 0 Å². The number of thioether (sulfide) groups is 1. The topological polar surface area (TPSA) is 79.4 Å². The van der Waals surface area contributed by atoms with Gasteiger partial charge in [-0.25, -0.2) is 13.4 Å². The highest BCUT2D eigenvalue weighted by molar-refractivity contribution is 7.99. The van der Waals surface area contributed by atoms with E-state index >= 15 is 0 Å². The van der Waals surface area contributed by atoms with Crippen molar-refractivity contribution in [1.82, 2.24) is 14.6 Å². The van der Waals surface area contributed by atoms with E-state index in [1.54, 1.807) is 18.2 Å². The molecule has 6 nitrogen and oxygen atoms in total. The molecule has 0 bridgehead atoms. The summed E-state index contributed by atoms with van der Waals surface area (Å²) in [4.78, 5) is 15.8. The summed E-state index contributed by atoms with van der Waals surface area (Å²) in [6, 6.07) is 3.18. The van der Waals surface area contributed by atoms with Crippen molar-refractivity contribution in [3.8, 4) is 0 Å². The molecule has 0 aliphatic carbocycles. The number of aromatic nitrogens is 1. The van der Waals surface area contributed by atoms with Gasteiger partial charge in [0.05, 0.1) is 10.8 Å². The maximum atomic E-state index is 12.3. The van der Waals surface area contributed by atoms with Crippen LogP contribution in [0.15, 0.2) is 40.9 Å². The molecule has 1 aromatic rings. The molecule has 1 aliphatic rings. The Balaban J connectivity index is 1.95. The van der Waals surface area contributed by atoms with Crippen LogP contribution >= 0.6 is 11.8 Å². The number of rotatable bonds is 7. The number of sulfonamides is 1. The maximum absolute atomic E-state index is 12.3. The van der Waals surface area contributed by atoms with Crippen LogP contribution in [0.25, 0.3) is 0 Å². The molecule has 0 radical (unpaired) electrons. The monoisotopic (exact) mass is 341 g/mol. The normalized spacial score (nSPS) is 15.6. The molecule has 0 aromatic carbocycles. The Labute approximate surface area is 135 Å². The van der Waals surface area contributed by atoms with Crippen LogP contribution in [0.4, 0.5) is 0 Å². The van der Waals surface area contributed by atoms with Crippen molar-refractivity contribution in [3.05, 3.63) is 31.0 Å². The van der Waals surface area contributed by atoms with Crippen LogP contribution < -0.4 is 5.32 Å². The van der Waals surface area contributed by atoms with Crippen molar-refractivity contribution in [1.29, 1.82) is 0 Å². The minimum Gasteiger partial charge on any atom is -0.352 e. The van der Waals surface area contributed by atoms with Crippen molar-refractivity contribution >= 4 is 27.7 Å². The van der Waals surface area contributed by atoms with Crippen molar-refractivity contribution in [2.75, 3.05) is 25.4 Å². The Morgan fingerprint density at radius 3 is 2.73 bits per heavy atom. The summed E-state index contributed by atoms with van der Waals surface area (Å²) >= 11 is 1.26. The lowest BCUT2D eigenvalue weighted by molar-refractivity contribution is -0.118. The lowest BCUT2D eigenvalue weighted by Crippen LogP contribution is -2.27. The molecule has 120 valence electrons. The fraction of sp³-hybridized carbons (Fsp3) is 0.429. The summed E-state index contributed by atoms with van der Waals surface area (Å²) in [7, 11) is -3.43. The van der Waals surface area contributed by atoms with Gasteiger partial charge in [-0.05, 0) is 25.0 Å². The van der Waals surface area contributed by atoms with E-state index in [1.807, 2.05) is 0 Å². The molecule has 0 atom stereocenters. The van der Waals surface area contributed by atoms with Gasteiger partial charge >= 0.3 is 0 Å². The van der Waals surface area contributed by atoms with E-state index in [0.717, 1.165) is 12.8 Å². The smallest absolute Gasteiger partial charge is 0.244 e. The third-order valence-corrected chi connectivity index (χ3v) is 6.03. The van der Waals surface area contributed by atoms with Gasteiger partial charge in [-0.15, -0.1) is 6.58 Å². The van der Waals surface area contributed by atoms with E-state index in [4.69, 9.17) is 0 Å². The molecule has 2 heterocycles. The lowest BCUT2D eigenvalue weighted by atomic mass is 10.4. The maximum Gasteiger partial charge on any atom is 0.244 e. The van der Waals surface area contributed by atoms with Crippen LogP contribution in [0.5, 0.6) is 0 Å². The largest absolute Gasteiger partial charge is 0.352 e. The van der Waals surface area contributed by atoms with Crippen LogP contribution in [-0.4, -0.2) is 49.0 Å². The number of carbonyl (C=O) groups excluding carboxylic acids is 1. The van der Waals surface area contributed by atoms with Crippen molar-refractivity contribution < 1.29 is 13.2 Å². The molecule has 1 fully saturated rings. The van der Waals surface area contributed by atoms with Crippen LogP contribution in [-0.2, 0) is 14.8 Å². The quantitative estimate of drug-likeness (QED) is 0.597. The lowest BCUT2D eigenvalue weighted by Gasteiger charge is -2.15. The van der Waals surface area contributed by atoms with Gasteiger partial charge < -0.3 is 5.32 Å². The molecule has 0 unspecified atom stereocenters. The highest BCUT2D eigenvalue weighted by atomic mass is 32.2. The van der Waals surface area contributed by atoms with Crippen LogP contribution in [0.2, 0.25) is 0 Å². The van der Waals surface area contributed by atoms with Gasteiger partial charge in [-0.2, -0.15) is 4.31 Å². The molecule has 0 spiro atoms. The number of nitrogens with zero attached hydrogens (tertiary/aromatic N) is 2. The van der Waals surface area contributed by atoms with Gasteiger partial charge in [-0.1, -0.05) is 17.8 Å². The summed E-state index contributed by atoms with van der Waals surface area (Å²) < 4.78 is 26.2. The Morgan fingerprint density at radius 2 is 2.14 bits per heavy atom. The minimum absolute atomic E-state index is 0.111. The number of amides is 1. The number of nitrogens with one attached hydrogen (secondary N) is 1. The fourth-order valence-electron chi connectivity index (χ4n) is 2.06. The first kappa shape index (κ1) is 17.0. The van der Waals surface area contributed by atoms with E-state index in [9.17, 15) is 13.2 Å². The zero-order valence-corrected chi connectivity index (χ0v) is 13.8. The first-order valence-corrected chi connectivity index (χ1v) is 9.43. The molecule has 1 amide bonds. The number of hydrogen-bond acceptors (Lipinski definition) is 5. The average Bonchev–Trinajstić information content (AvgIpc) is 3.06. The van der Waals surface area contributed by atoms with Crippen molar-refractivity contribution in [2.45, 2.75) is 22.8 Å². The first-order valence-electron chi connectivity index (χ1n) is 7.00. The van der Waals surface area contributed by atoms with E-state index in [-0.39, 0.29) is 16.6 Å². The van der Waals surface area contributed by atoms with Crippen LogP contribution in [0, 0.1) is 0 Å². The van der Waals surface area contributed by atoms with Gasteiger partial charge in [0.2, 0.25) is 15.9 Å². The van der Waals surface area contributed by atoms with Crippen molar-refractivity contribution in [2.24, 2.45) is 0 Å². The predicted octanol–water partition coefficient (Wildman–Crippen LogP) is 1.26. The molecule has 22 heavy (non-hydrogen) atoms. The molecule has 1 saturated heterocycles. The van der Waals surface area contributed by atoms with Gasteiger partial charge in [-0.3, -0.25) is 4.79 Å². The second-order valence-corrected chi connectivity index (χ2v) is 7.76. The zero-order valence-electron chi connectivity index (χ0n) is 12.2. The number of pyridine rings is 1. The van der Waals surface area contributed by atoms with Gasteiger partial charge in [0.1, 0.15) is 4.90 Å². The zero-order chi connectivity index (χ0) is 16.0. The Kier molecular flexibility index (Phi) is 5.98. The fourth-order valence-corrected chi connectivity index (χ4v) is 4.19.